The maximum atomic E-state index is 4.93. The van der Waals surface area contributed by atoms with Crippen molar-refractivity contribution in [2.75, 3.05) is 17.7 Å². The highest BCUT2D eigenvalue weighted by Gasteiger charge is 2.09. The van der Waals surface area contributed by atoms with Gasteiger partial charge in [-0.25, -0.2) is 4.98 Å². The number of rotatable bonds is 4. The van der Waals surface area contributed by atoms with Crippen molar-refractivity contribution in [3.8, 4) is 0 Å². The number of nitrogens with zero attached hydrogens (tertiary/aromatic N) is 4. The van der Waals surface area contributed by atoms with Crippen molar-refractivity contribution in [1.29, 1.82) is 0 Å². The van der Waals surface area contributed by atoms with Crippen molar-refractivity contribution in [2.24, 2.45) is 0 Å². The Morgan fingerprint density at radius 1 is 1.32 bits per heavy atom. The number of hydrogen-bond acceptors (Lipinski definition) is 8. The molecule has 3 aromatic rings. The maximum absolute atomic E-state index is 4.93. The van der Waals surface area contributed by atoms with E-state index in [1.165, 1.54) is 0 Å². The van der Waals surface area contributed by atoms with Gasteiger partial charge in [0.15, 0.2) is 5.82 Å². The molecule has 0 unspecified atom stereocenters. The van der Waals surface area contributed by atoms with Crippen molar-refractivity contribution < 1.29 is 4.52 Å². The molecule has 8 heteroatoms. The lowest BCUT2D eigenvalue weighted by atomic mass is 10.4. The molecule has 0 radical (unpaired) electrons. The van der Waals surface area contributed by atoms with Gasteiger partial charge in [-0.2, -0.15) is 9.97 Å². The Labute approximate surface area is 113 Å². The summed E-state index contributed by atoms with van der Waals surface area (Å²) >= 11 is 1.58. The highest BCUT2D eigenvalue weighted by atomic mass is 32.1. The Morgan fingerprint density at radius 3 is 2.95 bits per heavy atom. The second kappa shape index (κ2) is 4.81. The first-order valence-corrected chi connectivity index (χ1v) is 6.60. The van der Waals surface area contributed by atoms with E-state index in [0.717, 1.165) is 16.0 Å². The molecule has 0 aromatic carbocycles. The van der Waals surface area contributed by atoms with Gasteiger partial charge in [0, 0.05) is 14.0 Å². The molecule has 0 fully saturated rings. The summed E-state index contributed by atoms with van der Waals surface area (Å²) in [5, 5.41) is 13.0. The summed E-state index contributed by atoms with van der Waals surface area (Å²) in [6, 6.07) is 1.99. The van der Waals surface area contributed by atoms with E-state index < -0.39 is 0 Å². The normalized spacial score (nSPS) is 10.8. The molecule has 3 rings (SSSR count). The SMILES string of the molecule is CNc1nc(NCc2noc(C)n2)c2ccsc2n1. The number of hydrogen-bond donors (Lipinski definition) is 2. The fraction of sp³-hybridized carbons (Fsp3) is 0.273. The van der Waals surface area contributed by atoms with Crippen molar-refractivity contribution >= 4 is 33.3 Å². The molecule has 0 saturated carbocycles. The molecule has 3 heterocycles. The Bertz CT molecular complexity index is 706. The number of anilines is 2. The fourth-order valence-corrected chi connectivity index (χ4v) is 2.44. The van der Waals surface area contributed by atoms with E-state index in [0.29, 0.717) is 24.2 Å². The van der Waals surface area contributed by atoms with Gasteiger partial charge in [0.25, 0.3) is 0 Å². The first-order chi connectivity index (χ1) is 9.26. The minimum Gasteiger partial charge on any atom is -0.362 e. The van der Waals surface area contributed by atoms with E-state index >= 15 is 0 Å². The van der Waals surface area contributed by atoms with Gasteiger partial charge in [0.2, 0.25) is 11.8 Å². The lowest BCUT2D eigenvalue weighted by Crippen LogP contribution is -2.06. The van der Waals surface area contributed by atoms with Crippen LogP contribution in [0.2, 0.25) is 0 Å². The second-order valence-corrected chi connectivity index (χ2v) is 4.76. The van der Waals surface area contributed by atoms with Gasteiger partial charge in [0.05, 0.1) is 11.9 Å². The molecule has 0 spiro atoms. The van der Waals surface area contributed by atoms with Gasteiger partial charge in [-0.15, -0.1) is 11.3 Å². The van der Waals surface area contributed by atoms with Crippen molar-refractivity contribution in [1.82, 2.24) is 20.1 Å². The molecule has 0 bridgehead atoms. The van der Waals surface area contributed by atoms with Crippen LogP contribution in [0.25, 0.3) is 10.2 Å². The van der Waals surface area contributed by atoms with Gasteiger partial charge < -0.3 is 15.2 Å². The molecular weight excluding hydrogens is 264 g/mol. The zero-order valence-electron chi connectivity index (χ0n) is 10.5. The van der Waals surface area contributed by atoms with Gasteiger partial charge in [-0.3, -0.25) is 0 Å². The minimum absolute atomic E-state index is 0.461. The molecule has 0 aliphatic heterocycles. The van der Waals surface area contributed by atoms with E-state index in [2.05, 4.69) is 30.7 Å². The fourth-order valence-electron chi connectivity index (χ4n) is 1.68. The van der Waals surface area contributed by atoms with Gasteiger partial charge >= 0.3 is 0 Å². The maximum Gasteiger partial charge on any atom is 0.225 e. The van der Waals surface area contributed by atoms with E-state index in [4.69, 9.17) is 4.52 Å². The molecule has 19 heavy (non-hydrogen) atoms. The van der Waals surface area contributed by atoms with Crippen molar-refractivity contribution in [3.63, 3.8) is 0 Å². The van der Waals surface area contributed by atoms with Crippen LogP contribution in [0.3, 0.4) is 0 Å². The summed E-state index contributed by atoms with van der Waals surface area (Å²) in [6.07, 6.45) is 0. The molecule has 7 nitrogen and oxygen atoms in total. The van der Waals surface area contributed by atoms with E-state index in [-0.39, 0.29) is 0 Å². The third-order valence-electron chi connectivity index (χ3n) is 2.53. The van der Waals surface area contributed by atoms with Crippen LogP contribution in [0, 0.1) is 6.92 Å². The number of aryl methyl sites for hydroxylation is 1. The average Bonchev–Trinajstić information content (AvgIpc) is 3.04. The summed E-state index contributed by atoms with van der Waals surface area (Å²) < 4.78 is 4.93. The number of nitrogens with one attached hydrogen (secondary N) is 2. The highest BCUT2D eigenvalue weighted by molar-refractivity contribution is 7.16. The number of aromatic nitrogens is 4. The lowest BCUT2D eigenvalue weighted by molar-refractivity contribution is 0.388. The monoisotopic (exact) mass is 276 g/mol. The van der Waals surface area contributed by atoms with Crippen LogP contribution in [0.4, 0.5) is 11.8 Å². The first kappa shape index (κ1) is 11.8. The molecule has 98 valence electrons. The van der Waals surface area contributed by atoms with E-state index in [1.807, 2.05) is 11.4 Å². The highest BCUT2D eigenvalue weighted by Crippen LogP contribution is 2.26. The van der Waals surface area contributed by atoms with Gasteiger partial charge in [0.1, 0.15) is 10.6 Å². The van der Waals surface area contributed by atoms with Crippen LogP contribution >= 0.6 is 11.3 Å². The third-order valence-corrected chi connectivity index (χ3v) is 3.34. The van der Waals surface area contributed by atoms with Crippen LogP contribution in [0.15, 0.2) is 16.0 Å². The second-order valence-electron chi connectivity index (χ2n) is 3.87. The van der Waals surface area contributed by atoms with E-state index in [1.54, 1.807) is 25.3 Å². The molecule has 0 amide bonds. The predicted molar refractivity (Wildman–Crippen MR) is 73.3 cm³/mol. The summed E-state index contributed by atoms with van der Waals surface area (Å²) in [7, 11) is 1.79. The minimum atomic E-state index is 0.461. The van der Waals surface area contributed by atoms with Crippen LogP contribution in [-0.4, -0.2) is 27.2 Å². The zero-order valence-corrected chi connectivity index (χ0v) is 11.3. The lowest BCUT2D eigenvalue weighted by Gasteiger charge is -2.06. The van der Waals surface area contributed by atoms with Crippen molar-refractivity contribution in [3.05, 3.63) is 23.2 Å². The Morgan fingerprint density at radius 2 is 2.21 bits per heavy atom. The Hall–Kier alpha value is -2.22. The topological polar surface area (TPSA) is 88.8 Å². The van der Waals surface area contributed by atoms with Crippen molar-refractivity contribution in [2.45, 2.75) is 13.5 Å². The number of fused-ring (bicyclic) bond motifs is 1. The molecule has 0 atom stereocenters. The average molecular weight is 276 g/mol. The molecular formula is C11H12N6OS. The predicted octanol–water partition coefficient (Wildman–Crippen LogP) is 2.04. The number of thiophene rings is 1. The van der Waals surface area contributed by atoms with Gasteiger partial charge in [-0.05, 0) is 11.4 Å². The summed E-state index contributed by atoms with van der Waals surface area (Å²) in [6.45, 7) is 2.22. The van der Waals surface area contributed by atoms with Crippen LogP contribution in [0.1, 0.15) is 11.7 Å². The quantitative estimate of drug-likeness (QED) is 0.753. The molecule has 2 N–H and O–H groups in total. The zero-order chi connectivity index (χ0) is 13.2. The molecule has 0 aliphatic carbocycles. The van der Waals surface area contributed by atoms with Gasteiger partial charge in [-0.1, -0.05) is 5.16 Å². The van der Waals surface area contributed by atoms with Crippen LogP contribution < -0.4 is 10.6 Å². The Kier molecular flexibility index (Phi) is 3.00. The summed E-state index contributed by atoms with van der Waals surface area (Å²) in [5.74, 6) is 2.50. The van der Waals surface area contributed by atoms with Crippen LogP contribution in [-0.2, 0) is 6.54 Å². The summed E-state index contributed by atoms with van der Waals surface area (Å²) in [5.41, 5.74) is 0. The standard InChI is InChI=1S/C11H12N6OS/c1-6-14-8(17-18-6)5-13-9-7-3-4-19-10(7)16-11(12-2)15-9/h3-4H,5H2,1-2H3,(H2,12,13,15,16). The summed E-state index contributed by atoms with van der Waals surface area (Å²) in [4.78, 5) is 13.9. The molecule has 0 saturated heterocycles. The largest absolute Gasteiger partial charge is 0.362 e. The molecule has 0 aliphatic rings. The third kappa shape index (κ3) is 2.34. The van der Waals surface area contributed by atoms with E-state index in [9.17, 15) is 0 Å². The Balaban J connectivity index is 1.88. The van der Waals surface area contributed by atoms with Crippen LogP contribution in [0.5, 0.6) is 0 Å². The molecule has 3 aromatic heterocycles. The smallest absolute Gasteiger partial charge is 0.225 e. The first-order valence-electron chi connectivity index (χ1n) is 5.72.